The van der Waals surface area contributed by atoms with Gasteiger partial charge in [-0.05, 0) is 44.0 Å². The lowest BCUT2D eigenvalue weighted by Gasteiger charge is -2.23. The summed E-state index contributed by atoms with van der Waals surface area (Å²) in [6, 6.07) is 8.61. The monoisotopic (exact) mass is 341 g/mol. The van der Waals surface area contributed by atoms with E-state index in [1.807, 2.05) is 26.0 Å². The van der Waals surface area contributed by atoms with Gasteiger partial charge in [0.25, 0.3) is 0 Å². The van der Waals surface area contributed by atoms with Crippen molar-refractivity contribution >= 4 is 21.8 Å². The number of nitrogens with one attached hydrogen (secondary N) is 1. The second-order valence-electron chi connectivity index (χ2n) is 5.70. The minimum absolute atomic E-state index is 0.268. The standard InChI is InChI=1S/C15H24BrN3O/c1-11(12-6-4-7-13(16)10-12)18-9-5-8-15(2,3)14(17)19-20/h4,6-7,10-11,18,20H,5,8-9H2,1-3H3,(H2,17,19). The van der Waals surface area contributed by atoms with Gasteiger partial charge in [0.1, 0.15) is 5.84 Å². The van der Waals surface area contributed by atoms with Gasteiger partial charge in [-0.25, -0.2) is 0 Å². The van der Waals surface area contributed by atoms with Crippen LogP contribution in [0.3, 0.4) is 0 Å². The first-order chi connectivity index (χ1) is 9.36. The predicted molar refractivity (Wildman–Crippen MR) is 87.0 cm³/mol. The summed E-state index contributed by atoms with van der Waals surface area (Å²) in [5.41, 5.74) is 6.67. The van der Waals surface area contributed by atoms with Crippen LogP contribution >= 0.6 is 15.9 Å². The molecule has 1 atom stereocenters. The molecule has 20 heavy (non-hydrogen) atoms. The molecule has 4 N–H and O–H groups in total. The van der Waals surface area contributed by atoms with Gasteiger partial charge in [-0.1, -0.05) is 47.1 Å². The summed E-state index contributed by atoms with van der Waals surface area (Å²) in [7, 11) is 0. The Kier molecular flexibility index (Phi) is 6.49. The van der Waals surface area contributed by atoms with Crippen LogP contribution in [0, 0.1) is 5.41 Å². The van der Waals surface area contributed by atoms with E-state index in [9.17, 15) is 0 Å². The topological polar surface area (TPSA) is 70.6 Å². The van der Waals surface area contributed by atoms with E-state index < -0.39 is 0 Å². The van der Waals surface area contributed by atoms with E-state index in [1.54, 1.807) is 0 Å². The van der Waals surface area contributed by atoms with E-state index in [4.69, 9.17) is 10.9 Å². The molecule has 0 saturated heterocycles. The van der Waals surface area contributed by atoms with Crippen molar-refractivity contribution < 1.29 is 5.21 Å². The number of nitrogens with zero attached hydrogens (tertiary/aromatic N) is 1. The number of nitrogens with two attached hydrogens (primary N) is 1. The molecule has 4 nitrogen and oxygen atoms in total. The summed E-state index contributed by atoms with van der Waals surface area (Å²) in [4.78, 5) is 0. The van der Waals surface area contributed by atoms with Crippen molar-refractivity contribution in [1.29, 1.82) is 0 Å². The van der Waals surface area contributed by atoms with E-state index in [2.05, 4.69) is 45.5 Å². The smallest absolute Gasteiger partial charge is 0.144 e. The summed E-state index contributed by atoms with van der Waals surface area (Å²) in [6.07, 6.45) is 1.85. The third-order valence-electron chi connectivity index (χ3n) is 3.58. The predicted octanol–water partition coefficient (Wildman–Crippen LogP) is 3.65. The van der Waals surface area contributed by atoms with Crippen LogP contribution in [0.2, 0.25) is 0 Å². The Morgan fingerprint density at radius 3 is 2.80 bits per heavy atom. The maximum Gasteiger partial charge on any atom is 0.144 e. The maximum atomic E-state index is 8.73. The van der Waals surface area contributed by atoms with Crippen LogP contribution in [0.25, 0.3) is 0 Å². The number of rotatable bonds is 7. The van der Waals surface area contributed by atoms with Crippen LogP contribution in [-0.2, 0) is 0 Å². The molecule has 1 aromatic carbocycles. The quantitative estimate of drug-likeness (QED) is 0.233. The molecule has 0 heterocycles. The maximum absolute atomic E-state index is 8.73. The van der Waals surface area contributed by atoms with Gasteiger partial charge in [0.05, 0.1) is 0 Å². The summed E-state index contributed by atoms with van der Waals surface area (Å²) in [6.45, 7) is 7.02. The number of hydrogen-bond donors (Lipinski definition) is 3. The summed E-state index contributed by atoms with van der Waals surface area (Å²) in [5.74, 6) is 0.289. The van der Waals surface area contributed by atoms with Crippen LogP contribution in [0.15, 0.2) is 33.9 Å². The Bertz CT molecular complexity index is 460. The Hall–Kier alpha value is -1.07. The van der Waals surface area contributed by atoms with Gasteiger partial charge in [0, 0.05) is 15.9 Å². The summed E-state index contributed by atoms with van der Waals surface area (Å²) >= 11 is 3.48. The van der Waals surface area contributed by atoms with Gasteiger partial charge in [-0.2, -0.15) is 0 Å². The van der Waals surface area contributed by atoms with E-state index in [0.29, 0.717) is 6.04 Å². The SMILES string of the molecule is CC(NCCCC(C)(C)C(N)=NO)c1cccc(Br)c1. The van der Waals surface area contributed by atoms with E-state index in [-0.39, 0.29) is 11.3 Å². The molecule has 0 aliphatic heterocycles. The lowest BCUT2D eigenvalue weighted by molar-refractivity contribution is 0.304. The third-order valence-corrected chi connectivity index (χ3v) is 4.07. The van der Waals surface area contributed by atoms with Gasteiger partial charge in [-0.15, -0.1) is 0 Å². The fourth-order valence-corrected chi connectivity index (χ4v) is 2.42. The number of hydrogen-bond acceptors (Lipinski definition) is 3. The molecular weight excluding hydrogens is 318 g/mol. The minimum atomic E-state index is -0.268. The van der Waals surface area contributed by atoms with Gasteiger partial charge in [0.2, 0.25) is 0 Å². The molecule has 1 unspecified atom stereocenters. The normalized spacial score (nSPS) is 14.3. The molecule has 0 aromatic heterocycles. The molecule has 112 valence electrons. The number of halogens is 1. The Labute approximate surface area is 129 Å². The highest BCUT2D eigenvalue weighted by atomic mass is 79.9. The van der Waals surface area contributed by atoms with E-state index >= 15 is 0 Å². The average molecular weight is 342 g/mol. The van der Waals surface area contributed by atoms with Crippen molar-refractivity contribution in [1.82, 2.24) is 5.32 Å². The lowest BCUT2D eigenvalue weighted by atomic mass is 9.86. The fraction of sp³-hybridized carbons (Fsp3) is 0.533. The third kappa shape index (κ3) is 5.13. The van der Waals surface area contributed by atoms with Crippen molar-refractivity contribution in [3.8, 4) is 0 Å². The fourth-order valence-electron chi connectivity index (χ4n) is 2.01. The Balaban J connectivity index is 2.38. The molecule has 0 radical (unpaired) electrons. The average Bonchev–Trinajstić information content (AvgIpc) is 2.42. The molecule has 1 aromatic rings. The lowest BCUT2D eigenvalue weighted by Crippen LogP contribution is -2.32. The molecule has 0 bridgehead atoms. The zero-order chi connectivity index (χ0) is 15.2. The van der Waals surface area contributed by atoms with E-state index in [0.717, 1.165) is 23.9 Å². The molecular formula is C15H24BrN3O. The first-order valence-corrected chi connectivity index (χ1v) is 7.63. The van der Waals surface area contributed by atoms with Crippen molar-refractivity contribution in [2.45, 2.75) is 39.7 Å². The number of amidine groups is 1. The van der Waals surface area contributed by atoms with Crippen LogP contribution in [-0.4, -0.2) is 17.6 Å². The minimum Gasteiger partial charge on any atom is -0.409 e. The molecule has 0 saturated carbocycles. The highest BCUT2D eigenvalue weighted by molar-refractivity contribution is 9.10. The first kappa shape index (κ1) is 17.0. The van der Waals surface area contributed by atoms with Crippen LogP contribution in [0.4, 0.5) is 0 Å². The van der Waals surface area contributed by atoms with Gasteiger partial charge in [-0.3, -0.25) is 0 Å². The molecule has 5 heteroatoms. The molecule has 1 rings (SSSR count). The van der Waals surface area contributed by atoms with Gasteiger partial charge >= 0.3 is 0 Å². The molecule has 0 fully saturated rings. The largest absolute Gasteiger partial charge is 0.409 e. The molecule has 0 aliphatic rings. The highest BCUT2D eigenvalue weighted by Gasteiger charge is 2.22. The zero-order valence-electron chi connectivity index (χ0n) is 12.4. The van der Waals surface area contributed by atoms with Crippen LogP contribution < -0.4 is 11.1 Å². The molecule has 0 spiro atoms. The van der Waals surface area contributed by atoms with Crippen LogP contribution in [0.5, 0.6) is 0 Å². The van der Waals surface area contributed by atoms with E-state index in [1.165, 1.54) is 5.56 Å². The zero-order valence-corrected chi connectivity index (χ0v) is 13.9. The van der Waals surface area contributed by atoms with Crippen molar-refractivity contribution in [2.24, 2.45) is 16.3 Å². The molecule has 0 aliphatic carbocycles. The second kappa shape index (κ2) is 7.64. The summed E-state index contributed by atoms with van der Waals surface area (Å²) < 4.78 is 1.09. The Morgan fingerprint density at radius 1 is 1.50 bits per heavy atom. The Morgan fingerprint density at radius 2 is 2.20 bits per heavy atom. The van der Waals surface area contributed by atoms with Crippen LogP contribution in [0.1, 0.15) is 45.2 Å². The molecule has 0 amide bonds. The highest BCUT2D eigenvalue weighted by Crippen LogP contribution is 2.22. The summed E-state index contributed by atoms with van der Waals surface area (Å²) in [5, 5.41) is 15.3. The second-order valence-corrected chi connectivity index (χ2v) is 6.62. The number of oxime groups is 1. The van der Waals surface area contributed by atoms with Crippen molar-refractivity contribution in [3.05, 3.63) is 34.3 Å². The van der Waals surface area contributed by atoms with Crippen molar-refractivity contribution in [3.63, 3.8) is 0 Å². The van der Waals surface area contributed by atoms with Crippen molar-refractivity contribution in [2.75, 3.05) is 6.54 Å². The van der Waals surface area contributed by atoms with Gasteiger partial charge in [0.15, 0.2) is 0 Å². The first-order valence-electron chi connectivity index (χ1n) is 6.83. The number of benzene rings is 1. The van der Waals surface area contributed by atoms with Gasteiger partial charge < -0.3 is 16.3 Å².